The number of rotatable bonds is 3. The zero-order chi connectivity index (χ0) is 11.6. The van der Waals surface area contributed by atoms with Gasteiger partial charge in [0.1, 0.15) is 0 Å². The molecule has 84 valence electrons. The van der Waals surface area contributed by atoms with E-state index in [4.69, 9.17) is 11.6 Å². The van der Waals surface area contributed by atoms with Crippen molar-refractivity contribution in [2.45, 2.75) is 33.2 Å². The van der Waals surface area contributed by atoms with Crippen molar-refractivity contribution >= 4 is 11.6 Å². The van der Waals surface area contributed by atoms with Crippen molar-refractivity contribution in [1.29, 1.82) is 0 Å². The van der Waals surface area contributed by atoms with Crippen molar-refractivity contribution in [2.75, 3.05) is 14.1 Å². The van der Waals surface area contributed by atoms with Crippen molar-refractivity contribution in [1.82, 2.24) is 4.90 Å². The second kappa shape index (κ2) is 5.00. The maximum atomic E-state index is 6.22. The van der Waals surface area contributed by atoms with Gasteiger partial charge in [0.2, 0.25) is 0 Å². The van der Waals surface area contributed by atoms with Gasteiger partial charge in [-0.1, -0.05) is 31.5 Å². The Balaban J connectivity index is 3.11. The molecular weight excluding hydrogens is 206 g/mol. The summed E-state index contributed by atoms with van der Waals surface area (Å²) in [5.41, 5.74) is 3.89. The fraction of sp³-hybridized carbons (Fsp3) is 0.538. The Morgan fingerprint density at radius 2 is 1.87 bits per heavy atom. The standard InChI is InChI=1S/C13H20ClN/c1-9(2)12-7-11(8-15(4)5)10(3)6-13(12)14/h6-7,9H,8H2,1-5H3. The Labute approximate surface area is 98.0 Å². The summed E-state index contributed by atoms with van der Waals surface area (Å²) in [5, 5.41) is 0.894. The Morgan fingerprint density at radius 1 is 1.27 bits per heavy atom. The topological polar surface area (TPSA) is 3.24 Å². The lowest BCUT2D eigenvalue weighted by atomic mass is 9.97. The molecule has 1 rings (SSSR count). The molecule has 0 aliphatic heterocycles. The summed E-state index contributed by atoms with van der Waals surface area (Å²) in [6, 6.07) is 4.32. The van der Waals surface area contributed by atoms with Crippen molar-refractivity contribution in [3.63, 3.8) is 0 Å². The van der Waals surface area contributed by atoms with E-state index >= 15 is 0 Å². The molecule has 2 heteroatoms. The van der Waals surface area contributed by atoms with E-state index in [0.29, 0.717) is 5.92 Å². The van der Waals surface area contributed by atoms with Crippen LogP contribution in [0.2, 0.25) is 5.02 Å². The second-order valence-corrected chi connectivity index (χ2v) is 5.10. The van der Waals surface area contributed by atoms with Crippen molar-refractivity contribution in [2.24, 2.45) is 0 Å². The van der Waals surface area contributed by atoms with Gasteiger partial charge in [0.15, 0.2) is 0 Å². The molecule has 0 N–H and O–H groups in total. The summed E-state index contributed by atoms with van der Waals surface area (Å²) in [4.78, 5) is 2.18. The zero-order valence-corrected chi connectivity index (χ0v) is 11.0. The third-order valence-corrected chi connectivity index (χ3v) is 2.89. The fourth-order valence-corrected chi connectivity index (χ4v) is 2.13. The van der Waals surface area contributed by atoms with Crippen LogP contribution in [0.25, 0.3) is 0 Å². The van der Waals surface area contributed by atoms with Gasteiger partial charge in [-0.15, -0.1) is 0 Å². The third-order valence-electron chi connectivity index (χ3n) is 2.56. The maximum absolute atomic E-state index is 6.22. The molecule has 0 unspecified atom stereocenters. The molecule has 0 atom stereocenters. The van der Waals surface area contributed by atoms with E-state index < -0.39 is 0 Å². The molecule has 0 aromatic heterocycles. The van der Waals surface area contributed by atoms with Crippen molar-refractivity contribution in [3.05, 3.63) is 33.8 Å². The number of hydrogen-bond donors (Lipinski definition) is 0. The number of hydrogen-bond acceptors (Lipinski definition) is 1. The highest BCUT2D eigenvalue weighted by molar-refractivity contribution is 6.31. The van der Waals surface area contributed by atoms with Crippen LogP contribution in [-0.4, -0.2) is 19.0 Å². The molecule has 1 nitrogen and oxygen atoms in total. The Morgan fingerprint density at radius 3 is 2.33 bits per heavy atom. The van der Waals surface area contributed by atoms with Crippen LogP contribution in [0.3, 0.4) is 0 Å². The van der Waals surface area contributed by atoms with E-state index in [1.807, 2.05) is 0 Å². The molecule has 15 heavy (non-hydrogen) atoms. The van der Waals surface area contributed by atoms with Gasteiger partial charge >= 0.3 is 0 Å². The molecule has 0 amide bonds. The molecule has 0 aliphatic carbocycles. The highest BCUT2D eigenvalue weighted by atomic mass is 35.5. The van der Waals surface area contributed by atoms with E-state index in [2.05, 4.69) is 51.9 Å². The predicted octanol–water partition coefficient (Wildman–Crippen LogP) is 3.83. The van der Waals surface area contributed by atoms with Crippen LogP contribution >= 0.6 is 11.6 Å². The van der Waals surface area contributed by atoms with E-state index in [0.717, 1.165) is 11.6 Å². The summed E-state index contributed by atoms with van der Waals surface area (Å²) in [5.74, 6) is 0.485. The van der Waals surface area contributed by atoms with E-state index in [9.17, 15) is 0 Å². The van der Waals surface area contributed by atoms with Crippen LogP contribution in [0.1, 0.15) is 36.5 Å². The molecule has 0 fully saturated rings. The van der Waals surface area contributed by atoms with E-state index in [1.54, 1.807) is 0 Å². The lowest BCUT2D eigenvalue weighted by Gasteiger charge is -2.16. The first kappa shape index (κ1) is 12.5. The first-order chi connectivity index (χ1) is 6.91. The maximum Gasteiger partial charge on any atom is 0.0443 e. The molecule has 0 radical (unpaired) electrons. The van der Waals surface area contributed by atoms with Crippen molar-refractivity contribution in [3.8, 4) is 0 Å². The summed E-state index contributed by atoms with van der Waals surface area (Å²) in [6.45, 7) is 7.45. The molecule has 0 bridgehead atoms. The zero-order valence-electron chi connectivity index (χ0n) is 10.3. The van der Waals surface area contributed by atoms with Crippen LogP contribution in [0.15, 0.2) is 12.1 Å². The van der Waals surface area contributed by atoms with Crippen LogP contribution in [0.5, 0.6) is 0 Å². The number of nitrogens with zero attached hydrogens (tertiary/aromatic N) is 1. The van der Waals surface area contributed by atoms with Crippen LogP contribution in [0, 0.1) is 6.92 Å². The quantitative estimate of drug-likeness (QED) is 0.756. The van der Waals surface area contributed by atoms with Crippen LogP contribution in [-0.2, 0) is 6.54 Å². The van der Waals surface area contributed by atoms with Gasteiger partial charge in [-0.25, -0.2) is 0 Å². The normalized spacial score (nSPS) is 11.5. The monoisotopic (exact) mass is 225 g/mol. The van der Waals surface area contributed by atoms with Gasteiger partial charge < -0.3 is 4.90 Å². The molecule has 0 saturated carbocycles. The summed E-state index contributed by atoms with van der Waals surface area (Å²) < 4.78 is 0. The largest absolute Gasteiger partial charge is 0.305 e. The lowest BCUT2D eigenvalue weighted by Crippen LogP contribution is -2.12. The van der Waals surface area contributed by atoms with Crippen LogP contribution < -0.4 is 0 Å². The van der Waals surface area contributed by atoms with Gasteiger partial charge in [-0.3, -0.25) is 0 Å². The average molecular weight is 226 g/mol. The fourth-order valence-electron chi connectivity index (χ4n) is 1.69. The van der Waals surface area contributed by atoms with E-state index in [-0.39, 0.29) is 0 Å². The van der Waals surface area contributed by atoms with Gasteiger partial charge in [-0.2, -0.15) is 0 Å². The molecular formula is C13H20ClN. The SMILES string of the molecule is Cc1cc(Cl)c(C(C)C)cc1CN(C)C. The highest BCUT2D eigenvalue weighted by Gasteiger charge is 2.09. The van der Waals surface area contributed by atoms with E-state index in [1.165, 1.54) is 16.7 Å². The van der Waals surface area contributed by atoms with Gasteiger partial charge in [0.05, 0.1) is 0 Å². The smallest absolute Gasteiger partial charge is 0.0443 e. The molecule has 0 aliphatic rings. The first-order valence-corrected chi connectivity index (χ1v) is 5.73. The minimum atomic E-state index is 0.485. The Hall–Kier alpha value is -0.530. The average Bonchev–Trinajstić information content (AvgIpc) is 2.08. The summed E-state index contributed by atoms with van der Waals surface area (Å²) in [7, 11) is 4.17. The summed E-state index contributed by atoms with van der Waals surface area (Å²) in [6.07, 6.45) is 0. The van der Waals surface area contributed by atoms with Crippen LogP contribution in [0.4, 0.5) is 0 Å². The first-order valence-electron chi connectivity index (χ1n) is 5.35. The third kappa shape index (κ3) is 3.22. The number of aryl methyl sites for hydroxylation is 1. The van der Waals surface area contributed by atoms with Gasteiger partial charge in [0.25, 0.3) is 0 Å². The molecule has 1 aromatic rings. The van der Waals surface area contributed by atoms with Crippen molar-refractivity contribution < 1.29 is 0 Å². The number of halogens is 1. The lowest BCUT2D eigenvalue weighted by molar-refractivity contribution is 0.401. The molecule has 1 aromatic carbocycles. The second-order valence-electron chi connectivity index (χ2n) is 4.69. The van der Waals surface area contributed by atoms with Gasteiger partial charge in [-0.05, 0) is 49.7 Å². The minimum absolute atomic E-state index is 0.485. The minimum Gasteiger partial charge on any atom is -0.305 e. The predicted molar refractivity (Wildman–Crippen MR) is 67.7 cm³/mol. The molecule has 0 saturated heterocycles. The Kier molecular flexibility index (Phi) is 4.18. The Bertz CT molecular complexity index is 343. The number of benzene rings is 1. The molecule has 0 heterocycles. The summed E-state index contributed by atoms with van der Waals surface area (Å²) >= 11 is 6.22. The van der Waals surface area contributed by atoms with Gasteiger partial charge in [0, 0.05) is 11.6 Å². The highest BCUT2D eigenvalue weighted by Crippen LogP contribution is 2.27. The molecule has 0 spiro atoms.